The number of aryl methyl sites for hydroxylation is 2. The van der Waals surface area contributed by atoms with Crippen molar-refractivity contribution in [2.24, 2.45) is 7.05 Å². The van der Waals surface area contributed by atoms with Gasteiger partial charge in [0.1, 0.15) is 0 Å². The fraction of sp³-hybridized carbons (Fsp3) is 0.500. The van der Waals surface area contributed by atoms with Crippen molar-refractivity contribution in [3.63, 3.8) is 0 Å². The maximum absolute atomic E-state index is 6.15. The second-order valence-electron chi connectivity index (χ2n) is 7.77. The summed E-state index contributed by atoms with van der Waals surface area (Å²) in [4.78, 5) is 6.96. The number of ether oxygens (including phenoxy) is 1. The standard InChI is InChI=1S/C22H29N5O2/c1-16-20(17(2)26(3)24-16)15-27-12-7-10-19(14-27)28-13-11-21-23-22(29-25-21)18-8-5-4-6-9-18/h4-6,8-9,19H,7,10-15H2,1-3H3. The summed E-state index contributed by atoms with van der Waals surface area (Å²) in [5.41, 5.74) is 4.65. The minimum atomic E-state index is 0.251. The number of benzene rings is 1. The molecule has 0 N–H and O–H groups in total. The molecule has 0 amide bonds. The molecule has 7 nitrogen and oxygen atoms in total. The van der Waals surface area contributed by atoms with E-state index >= 15 is 0 Å². The number of hydrogen-bond acceptors (Lipinski definition) is 6. The van der Waals surface area contributed by atoms with E-state index in [0.29, 0.717) is 24.7 Å². The molecule has 1 unspecified atom stereocenters. The molecule has 0 spiro atoms. The predicted molar refractivity (Wildman–Crippen MR) is 110 cm³/mol. The fourth-order valence-electron chi connectivity index (χ4n) is 3.93. The molecule has 1 fully saturated rings. The Bertz CT molecular complexity index is 934. The van der Waals surface area contributed by atoms with Gasteiger partial charge >= 0.3 is 0 Å². The highest BCUT2D eigenvalue weighted by Gasteiger charge is 2.22. The van der Waals surface area contributed by atoms with Crippen LogP contribution in [-0.4, -0.2) is 50.6 Å². The first-order valence-electron chi connectivity index (χ1n) is 10.3. The number of aromatic nitrogens is 4. The smallest absolute Gasteiger partial charge is 0.257 e. The van der Waals surface area contributed by atoms with Gasteiger partial charge in [0.25, 0.3) is 5.89 Å². The molecule has 154 valence electrons. The highest BCUT2D eigenvalue weighted by molar-refractivity contribution is 5.51. The summed E-state index contributed by atoms with van der Waals surface area (Å²) in [7, 11) is 2.01. The van der Waals surface area contributed by atoms with Crippen LogP contribution >= 0.6 is 0 Å². The molecule has 0 radical (unpaired) electrons. The Morgan fingerprint density at radius 3 is 2.79 bits per heavy atom. The second-order valence-corrected chi connectivity index (χ2v) is 7.77. The molecular formula is C22H29N5O2. The van der Waals surface area contributed by atoms with E-state index in [-0.39, 0.29) is 6.10 Å². The number of likely N-dealkylation sites (tertiary alicyclic amines) is 1. The Labute approximate surface area is 171 Å². The van der Waals surface area contributed by atoms with Gasteiger partial charge in [0.15, 0.2) is 5.82 Å². The summed E-state index contributed by atoms with van der Waals surface area (Å²) in [5, 5.41) is 8.62. The molecule has 3 aromatic rings. The molecular weight excluding hydrogens is 366 g/mol. The van der Waals surface area contributed by atoms with Crippen molar-refractivity contribution in [2.75, 3.05) is 19.7 Å². The minimum Gasteiger partial charge on any atom is -0.376 e. The van der Waals surface area contributed by atoms with Gasteiger partial charge in [-0.2, -0.15) is 10.1 Å². The average Bonchev–Trinajstić information content (AvgIpc) is 3.29. The molecule has 1 aliphatic rings. The quantitative estimate of drug-likeness (QED) is 0.611. The Morgan fingerprint density at radius 1 is 1.21 bits per heavy atom. The van der Waals surface area contributed by atoms with Gasteiger partial charge in [-0.25, -0.2) is 0 Å². The predicted octanol–water partition coefficient (Wildman–Crippen LogP) is 3.31. The molecule has 29 heavy (non-hydrogen) atoms. The van der Waals surface area contributed by atoms with Gasteiger partial charge in [0, 0.05) is 43.4 Å². The third-order valence-corrected chi connectivity index (χ3v) is 5.67. The van der Waals surface area contributed by atoms with Crippen LogP contribution in [0.15, 0.2) is 34.9 Å². The third-order valence-electron chi connectivity index (χ3n) is 5.67. The third kappa shape index (κ3) is 4.74. The van der Waals surface area contributed by atoms with Gasteiger partial charge in [-0.15, -0.1) is 0 Å². The molecule has 1 aliphatic heterocycles. The Morgan fingerprint density at radius 2 is 2.03 bits per heavy atom. The molecule has 0 bridgehead atoms. The first-order chi connectivity index (χ1) is 14.1. The highest BCUT2D eigenvalue weighted by atomic mass is 16.5. The van der Waals surface area contributed by atoms with Gasteiger partial charge in [0.05, 0.1) is 18.4 Å². The van der Waals surface area contributed by atoms with Crippen molar-refractivity contribution in [2.45, 2.75) is 45.8 Å². The number of nitrogens with zero attached hydrogens (tertiary/aromatic N) is 5. The minimum absolute atomic E-state index is 0.251. The van der Waals surface area contributed by atoms with E-state index in [1.807, 2.05) is 42.1 Å². The largest absolute Gasteiger partial charge is 0.376 e. The van der Waals surface area contributed by atoms with Crippen LogP contribution in [0, 0.1) is 13.8 Å². The van der Waals surface area contributed by atoms with Crippen molar-refractivity contribution in [3.8, 4) is 11.5 Å². The van der Waals surface area contributed by atoms with E-state index in [1.54, 1.807) is 0 Å². The SMILES string of the molecule is Cc1nn(C)c(C)c1CN1CCCC(OCCc2noc(-c3ccccc3)n2)C1. The molecule has 7 heteroatoms. The molecule has 1 aromatic carbocycles. The van der Waals surface area contributed by atoms with E-state index in [0.717, 1.165) is 43.7 Å². The van der Waals surface area contributed by atoms with Gasteiger partial charge < -0.3 is 9.26 Å². The Balaban J connectivity index is 1.26. The molecule has 4 rings (SSSR count). The van der Waals surface area contributed by atoms with Crippen LogP contribution in [0.25, 0.3) is 11.5 Å². The highest BCUT2D eigenvalue weighted by Crippen LogP contribution is 2.20. The van der Waals surface area contributed by atoms with Crippen LogP contribution < -0.4 is 0 Å². The van der Waals surface area contributed by atoms with E-state index in [4.69, 9.17) is 9.26 Å². The number of piperidine rings is 1. The molecule has 1 atom stereocenters. The first kappa shape index (κ1) is 19.8. The van der Waals surface area contributed by atoms with Crippen LogP contribution in [-0.2, 0) is 24.8 Å². The number of rotatable bonds is 7. The van der Waals surface area contributed by atoms with E-state index in [2.05, 4.69) is 34.0 Å². The summed E-state index contributed by atoms with van der Waals surface area (Å²) in [6, 6.07) is 9.84. The monoisotopic (exact) mass is 395 g/mol. The van der Waals surface area contributed by atoms with Gasteiger partial charge in [-0.3, -0.25) is 9.58 Å². The summed E-state index contributed by atoms with van der Waals surface area (Å²) in [5.74, 6) is 1.25. The van der Waals surface area contributed by atoms with E-state index in [9.17, 15) is 0 Å². The van der Waals surface area contributed by atoms with Crippen LogP contribution in [0.5, 0.6) is 0 Å². The average molecular weight is 396 g/mol. The lowest BCUT2D eigenvalue weighted by Crippen LogP contribution is -2.39. The summed E-state index contributed by atoms with van der Waals surface area (Å²) < 4.78 is 13.5. The van der Waals surface area contributed by atoms with E-state index < -0.39 is 0 Å². The van der Waals surface area contributed by atoms with Crippen molar-refractivity contribution < 1.29 is 9.26 Å². The fourth-order valence-corrected chi connectivity index (χ4v) is 3.93. The lowest BCUT2D eigenvalue weighted by atomic mass is 10.1. The van der Waals surface area contributed by atoms with Crippen LogP contribution in [0.2, 0.25) is 0 Å². The lowest BCUT2D eigenvalue weighted by Gasteiger charge is -2.32. The van der Waals surface area contributed by atoms with Crippen LogP contribution in [0.3, 0.4) is 0 Å². The van der Waals surface area contributed by atoms with Crippen LogP contribution in [0.1, 0.15) is 35.6 Å². The van der Waals surface area contributed by atoms with Crippen molar-refractivity contribution in [1.82, 2.24) is 24.8 Å². The molecule has 0 saturated carbocycles. The van der Waals surface area contributed by atoms with Gasteiger partial charge in [-0.1, -0.05) is 23.4 Å². The molecule has 1 saturated heterocycles. The second kappa shape index (κ2) is 8.88. The molecule has 2 aromatic heterocycles. The zero-order chi connectivity index (χ0) is 20.2. The summed E-state index contributed by atoms with van der Waals surface area (Å²) in [6.07, 6.45) is 3.17. The Kier molecular flexibility index (Phi) is 6.06. The zero-order valence-corrected chi connectivity index (χ0v) is 17.5. The maximum Gasteiger partial charge on any atom is 0.257 e. The Hall–Kier alpha value is -2.51. The number of hydrogen-bond donors (Lipinski definition) is 0. The maximum atomic E-state index is 6.15. The first-order valence-corrected chi connectivity index (χ1v) is 10.3. The summed E-state index contributed by atoms with van der Waals surface area (Å²) >= 11 is 0. The van der Waals surface area contributed by atoms with Crippen molar-refractivity contribution in [3.05, 3.63) is 53.1 Å². The normalized spacial score (nSPS) is 17.7. The van der Waals surface area contributed by atoms with Crippen molar-refractivity contribution >= 4 is 0 Å². The topological polar surface area (TPSA) is 69.2 Å². The summed E-state index contributed by atoms with van der Waals surface area (Å²) in [6.45, 7) is 7.85. The molecule has 0 aliphatic carbocycles. The van der Waals surface area contributed by atoms with E-state index in [1.165, 1.54) is 11.3 Å². The molecule has 3 heterocycles. The van der Waals surface area contributed by atoms with Gasteiger partial charge in [0.2, 0.25) is 0 Å². The van der Waals surface area contributed by atoms with Gasteiger partial charge in [-0.05, 0) is 45.4 Å². The zero-order valence-electron chi connectivity index (χ0n) is 17.5. The lowest BCUT2D eigenvalue weighted by molar-refractivity contribution is -0.00185. The van der Waals surface area contributed by atoms with Crippen LogP contribution in [0.4, 0.5) is 0 Å². The van der Waals surface area contributed by atoms with Crippen molar-refractivity contribution in [1.29, 1.82) is 0 Å².